The van der Waals surface area contributed by atoms with E-state index in [9.17, 15) is 0 Å². The molecule has 0 amide bonds. The standard InChI is InChI=1S/C19H14BrN3O2S2/c1-24-14-6-4-5-12(9-14)18-21-13(10-26-18)11-27-19-23-22-17(25-19)15-7-2-3-8-16(15)20/h2-10H,11H2,1H3. The summed E-state index contributed by atoms with van der Waals surface area (Å²) >= 11 is 6.58. The van der Waals surface area contributed by atoms with Crippen LogP contribution in [0, 0.1) is 0 Å². The number of benzene rings is 2. The fraction of sp³-hybridized carbons (Fsp3) is 0.105. The molecule has 4 aromatic rings. The summed E-state index contributed by atoms with van der Waals surface area (Å²) in [4.78, 5) is 4.69. The minimum absolute atomic E-state index is 0.500. The molecule has 2 aromatic heterocycles. The molecule has 0 spiro atoms. The highest BCUT2D eigenvalue weighted by Gasteiger charge is 2.13. The van der Waals surface area contributed by atoms with E-state index in [-0.39, 0.29) is 0 Å². The summed E-state index contributed by atoms with van der Waals surface area (Å²) in [5, 5.41) is 11.8. The van der Waals surface area contributed by atoms with Gasteiger partial charge in [-0.1, -0.05) is 36.0 Å². The molecule has 0 atom stereocenters. The van der Waals surface area contributed by atoms with Crippen LogP contribution < -0.4 is 4.74 Å². The molecular weight excluding hydrogens is 446 g/mol. The van der Waals surface area contributed by atoms with E-state index < -0.39 is 0 Å². The summed E-state index contributed by atoms with van der Waals surface area (Å²) in [6.45, 7) is 0. The largest absolute Gasteiger partial charge is 0.497 e. The number of aromatic nitrogens is 3. The van der Waals surface area contributed by atoms with E-state index in [1.807, 2.05) is 53.9 Å². The number of hydrogen-bond donors (Lipinski definition) is 0. The van der Waals surface area contributed by atoms with Crippen molar-refractivity contribution in [3.63, 3.8) is 0 Å². The molecule has 27 heavy (non-hydrogen) atoms. The molecule has 5 nitrogen and oxygen atoms in total. The maximum Gasteiger partial charge on any atom is 0.277 e. The topological polar surface area (TPSA) is 61.0 Å². The number of ether oxygens (including phenoxy) is 1. The summed E-state index contributed by atoms with van der Waals surface area (Å²) in [6, 6.07) is 15.7. The van der Waals surface area contributed by atoms with Crippen molar-refractivity contribution in [1.82, 2.24) is 15.2 Å². The molecule has 0 N–H and O–H groups in total. The van der Waals surface area contributed by atoms with E-state index >= 15 is 0 Å². The maximum absolute atomic E-state index is 5.76. The van der Waals surface area contributed by atoms with Gasteiger partial charge in [0.15, 0.2) is 0 Å². The van der Waals surface area contributed by atoms with Gasteiger partial charge in [0.1, 0.15) is 10.8 Å². The first kappa shape index (κ1) is 18.2. The van der Waals surface area contributed by atoms with Crippen LogP contribution in [-0.2, 0) is 5.75 Å². The van der Waals surface area contributed by atoms with Gasteiger partial charge in [-0.2, -0.15) is 0 Å². The Morgan fingerprint density at radius 1 is 1.15 bits per heavy atom. The van der Waals surface area contributed by atoms with Crippen LogP contribution in [0.1, 0.15) is 5.69 Å². The van der Waals surface area contributed by atoms with Crippen LogP contribution in [0.5, 0.6) is 5.75 Å². The Bertz CT molecular complexity index is 1060. The number of thiazole rings is 1. The molecule has 0 bridgehead atoms. The minimum atomic E-state index is 0.500. The fourth-order valence-corrected chi connectivity index (χ4v) is 4.44. The van der Waals surface area contributed by atoms with Gasteiger partial charge in [-0.05, 0) is 40.2 Å². The number of methoxy groups -OCH3 is 1. The highest BCUT2D eigenvalue weighted by Crippen LogP contribution is 2.32. The Labute approximate surface area is 172 Å². The van der Waals surface area contributed by atoms with Crippen molar-refractivity contribution in [3.05, 3.63) is 64.1 Å². The van der Waals surface area contributed by atoms with E-state index in [1.54, 1.807) is 18.4 Å². The Morgan fingerprint density at radius 2 is 2.04 bits per heavy atom. The quantitative estimate of drug-likeness (QED) is 0.333. The minimum Gasteiger partial charge on any atom is -0.497 e. The zero-order chi connectivity index (χ0) is 18.6. The van der Waals surface area contributed by atoms with Gasteiger partial charge in [0.25, 0.3) is 5.22 Å². The summed E-state index contributed by atoms with van der Waals surface area (Å²) < 4.78 is 12.0. The second-order valence-electron chi connectivity index (χ2n) is 5.52. The average Bonchev–Trinajstić information content (AvgIpc) is 3.36. The lowest BCUT2D eigenvalue weighted by molar-refractivity contribution is 0.415. The Morgan fingerprint density at radius 3 is 2.89 bits per heavy atom. The van der Waals surface area contributed by atoms with Gasteiger partial charge in [0.05, 0.1) is 18.4 Å². The van der Waals surface area contributed by atoms with Crippen LogP contribution >= 0.6 is 39.0 Å². The number of thioether (sulfide) groups is 1. The summed E-state index contributed by atoms with van der Waals surface area (Å²) in [7, 11) is 1.66. The van der Waals surface area contributed by atoms with Gasteiger partial charge in [0, 0.05) is 21.2 Å². The summed E-state index contributed by atoms with van der Waals surface area (Å²) in [5.74, 6) is 1.99. The molecule has 0 saturated heterocycles. The zero-order valence-electron chi connectivity index (χ0n) is 14.3. The first-order valence-corrected chi connectivity index (χ1v) is 10.7. The van der Waals surface area contributed by atoms with Gasteiger partial charge in [-0.25, -0.2) is 4.98 Å². The van der Waals surface area contributed by atoms with Crippen LogP contribution in [0.2, 0.25) is 0 Å². The Balaban J connectivity index is 1.44. The first-order chi connectivity index (χ1) is 13.2. The molecule has 0 radical (unpaired) electrons. The van der Waals surface area contributed by atoms with E-state index in [0.29, 0.717) is 16.9 Å². The van der Waals surface area contributed by atoms with Crippen LogP contribution in [0.25, 0.3) is 22.0 Å². The highest BCUT2D eigenvalue weighted by atomic mass is 79.9. The second-order valence-corrected chi connectivity index (χ2v) is 8.16. The third kappa shape index (κ3) is 4.23. The fourth-order valence-electron chi connectivity index (χ4n) is 2.41. The molecule has 2 heterocycles. The molecule has 0 aliphatic heterocycles. The van der Waals surface area contributed by atoms with E-state index in [2.05, 4.69) is 26.1 Å². The normalized spacial score (nSPS) is 10.9. The SMILES string of the molecule is COc1cccc(-c2nc(CSc3nnc(-c4ccccc4Br)o3)cs2)c1. The van der Waals surface area contributed by atoms with Crippen molar-refractivity contribution in [3.8, 4) is 27.8 Å². The predicted octanol–water partition coefficient (Wildman–Crippen LogP) is 5.92. The van der Waals surface area contributed by atoms with Crippen LogP contribution in [0.15, 0.2) is 68.0 Å². The summed E-state index contributed by atoms with van der Waals surface area (Å²) in [6.07, 6.45) is 0. The molecule has 8 heteroatoms. The molecular formula is C19H14BrN3O2S2. The van der Waals surface area contributed by atoms with Gasteiger partial charge in [-0.15, -0.1) is 21.5 Å². The molecule has 0 aliphatic rings. The molecule has 136 valence electrons. The summed E-state index contributed by atoms with van der Waals surface area (Å²) in [5.41, 5.74) is 2.90. The third-order valence-corrected chi connectivity index (χ3v) is 6.21. The van der Waals surface area contributed by atoms with E-state index in [4.69, 9.17) is 14.1 Å². The lowest BCUT2D eigenvalue weighted by Crippen LogP contribution is -1.85. The van der Waals surface area contributed by atoms with Gasteiger partial charge in [0.2, 0.25) is 5.89 Å². The Kier molecular flexibility index (Phi) is 5.56. The smallest absolute Gasteiger partial charge is 0.277 e. The number of halogens is 1. The van der Waals surface area contributed by atoms with Gasteiger partial charge >= 0.3 is 0 Å². The average molecular weight is 460 g/mol. The number of rotatable bonds is 6. The molecule has 0 aliphatic carbocycles. The van der Waals surface area contributed by atoms with Crippen molar-refractivity contribution < 1.29 is 9.15 Å². The molecule has 2 aromatic carbocycles. The lowest BCUT2D eigenvalue weighted by Gasteiger charge is -2.01. The zero-order valence-corrected chi connectivity index (χ0v) is 17.5. The second kappa shape index (κ2) is 8.24. The van der Waals surface area contributed by atoms with Gasteiger partial charge < -0.3 is 9.15 Å². The van der Waals surface area contributed by atoms with E-state index in [0.717, 1.165) is 32.1 Å². The third-order valence-electron chi connectivity index (χ3n) is 3.72. The van der Waals surface area contributed by atoms with Gasteiger partial charge in [-0.3, -0.25) is 0 Å². The highest BCUT2D eigenvalue weighted by molar-refractivity contribution is 9.10. The first-order valence-electron chi connectivity index (χ1n) is 8.03. The monoisotopic (exact) mass is 459 g/mol. The van der Waals surface area contributed by atoms with Crippen LogP contribution in [0.3, 0.4) is 0 Å². The number of hydrogen-bond acceptors (Lipinski definition) is 7. The lowest BCUT2D eigenvalue weighted by atomic mass is 10.2. The van der Waals surface area contributed by atoms with Crippen LogP contribution in [-0.4, -0.2) is 22.3 Å². The Hall–Kier alpha value is -2.16. The van der Waals surface area contributed by atoms with Crippen molar-refractivity contribution in [1.29, 1.82) is 0 Å². The maximum atomic E-state index is 5.76. The van der Waals surface area contributed by atoms with E-state index in [1.165, 1.54) is 11.8 Å². The molecule has 0 fully saturated rings. The van der Waals surface area contributed by atoms with Crippen LogP contribution in [0.4, 0.5) is 0 Å². The van der Waals surface area contributed by atoms with Crippen molar-refractivity contribution in [2.45, 2.75) is 11.0 Å². The van der Waals surface area contributed by atoms with Crippen molar-refractivity contribution in [2.24, 2.45) is 0 Å². The number of nitrogens with zero attached hydrogens (tertiary/aromatic N) is 3. The predicted molar refractivity (Wildman–Crippen MR) is 111 cm³/mol. The van der Waals surface area contributed by atoms with Crippen molar-refractivity contribution >= 4 is 39.0 Å². The molecule has 0 saturated carbocycles. The van der Waals surface area contributed by atoms with Crippen molar-refractivity contribution in [2.75, 3.05) is 7.11 Å². The molecule has 4 rings (SSSR count). The molecule has 0 unspecified atom stereocenters.